The van der Waals surface area contributed by atoms with E-state index in [0.29, 0.717) is 49.4 Å². The van der Waals surface area contributed by atoms with Crippen molar-refractivity contribution in [3.05, 3.63) is 72.6 Å². The van der Waals surface area contributed by atoms with E-state index in [1.165, 1.54) is 12.1 Å². The number of piperidine rings is 1. The summed E-state index contributed by atoms with van der Waals surface area (Å²) in [6, 6.07) is 15.6. The normalized spacial score (nSPS) is 16.4. The van der Waals surface area contributed by atoms with Crippen LogP contribution >= 0.6 is 0 Å². The van der Waals surface area contributed by atoms with Crippen LogP contribution in [-0.2, 0) is 10.0 Å². The zero-order valence-electron chi connectivity index (χ0n) is 18.0. The second kappa shape index (κ2) is 8.82. The van der Waals surface area contributed by atoms with Crippen molar-refractivity contribution in [1.82, 2.24) is 9.47 Å². The highest BCUT2D eigenvalue weighted by Gasteiger charge is 2.27. The fourth-order valence-corrected chi connectivity index (χ4v) is 5.38. The van der Waals surface area contributed by atoms with Crippen molar-refractivity contribution in [2.24, 2.45) is 0 Å². The van der Waals surface area contributed by atoms with E-state index >= 15 is 0 Å². The lowest BCUT2D eigenvalue weighted by Crippen LogP contribution is -2.39. The summed E-state index contributed by atoms with van der Waals surface area (Å²) in [6.45, 7) is 2.02. The van der Waals surface area contributed by atoms with Gasteiger partial charge in [-0.1, -0.05) is 12.1 Å². The highest BCUT2D eigenvalue weighted by atomic mass is 32.2. The molecule has 33 heavy (non-hydrogen) atoms. The molecule has 0 atom stereocenters. The Kier molecular flexibility index (Phi) is 5.72. The van der Waals surface area contributed by atoms with Crippen LogP contribution in [0.2, 0.25) is 0 Å². The van der Waals surface area contributed by atoms with E-state index < -0.39 is 10.0 Å². The molecule has 2 aromatic carbocycles. The number of anilines is 1. The SMILES string of the molecule is O=C(c1ccccc1NS(=O)(=O)c1ccc2c(c1)OCCO2)N1CCC(n2cccc2)CC1. The summed E-state index contributed by atoms with van der Waals surface area (Å²) in [7, 11) is -3.93. The number of hydrogen-bond acceptors (Lipinski definition) is 5. The van der Waals surface area contributed by atoms with E-state index in [1.54, 1.807) is 35.2 Å². The molecular weight excluding hydrogens is 442 g/mol. The number of amides is 1. The minimum Gasteiger partial charge on any atom is -0.486 e. The standard InChI is InChI=1S/C24H25N3O5S/c28-24(27-13-9-18(10-14-27)26-11-3-4-12-26)20-5-1-2-6-21(20)25-33(29,30)19-7-8-22-23(17-19)32-16-15-31-22/h1-8,11-12,17-18,25H,9-10,13-16H2. The number of aromatic nitrogens is 1. The van der Waals surface area contributed by atoms with Crippen molar-refractivity contribution in [3.8, 4) is 11.5 Å². The lowest BCUT2D eigenvalue weighted by atomic mass is 10.0. The molecule has 2 aliphatic heterocycles. The van der Waals surface area contributed by atoms with Crippen LogP contribution in [0.1, 0.15) is 29.2 Å². The van der Waals surface area contributed by atoms with E-state index in [-0.39, 0.29) is 16.5 Å². The average Bonchev–Trinajstić information content (AvgIpc) is 3.39. The second-order valence-electron chi connectivity index (χ2n) is 8.11. The van der Waals surface area contributed by atoms with Gasteiger partial charge >= 0.3 is 0 Å². The van der Waals surface area contributed by atoms with Crippen LogP contribution in [0, 0.1) is 0 Å². The molecule has 0 aliphatic carbocycles. The lowest BCUT2D eigenvalue weighted by Gasteiger charge is -2.33. The molecule has 5 rings (SSSR count). The van der Waals surface area contributed by atoms with Crippen LogP contribution in [0.4, 0.5) is 5.69 Å². The van der Waals surface area contributed by atoms with E-state index in [4.69, 9.17) is 9.47 Å². The number of benzene rings is 2. The molecule has 1 N–H and O–H groups in total. The summed E-state index contributed by atoms with van der Waals surface area (Å²) in [5, 5.41) is 0. The lowest BCUT2D eigenvalue weighted by molar-refractivity contribution is 0.0696. The Morgan fingerprint density at radius 1 is 0.909 bits per heavy atom. The number of nitrogens with zero attached hydrogens (tertiary/aromatic N) is 2. The molecule has 9 heteroatoms. The third-order valence-electron chi connectivity index (χ3n) is 6.03. The number of rotatable bonds is 5. The fraction of sp³-hybridized carbons (Fsp3) is 0.292. The summed E-state index contributed by atoms with van der Waals surface area (Å²) in [4.78, 5) is 15.1. The third kappa shape index (κ3) is 4.41. The second-order valence-corrected chi connectivity index (χ2v) is 9.79. The molecular formula is C24H25N3O5S. The minimum absolute atomic E-state index is 0.0431. The van der Waals surface area contributed by atoms with Gasteiger partial charge < -0.3 is 18.9 Å². The predicted octanol–water partition coefficient (Wildman–Crippen LogP) is 3.54. The molecule has 8 nitrogen and oxygen atoms in total. The number of ether oxygens (including phenoxy) is 2. The van der Waals surface area contributed by atoms with Crippen molar-refractivity contribution >= 4 is 21.6 Å². The molecule has 2 aliphatic rings. The summed E-state index contributed by atoms with van der Waals surface area (Å²) in [5.41, 5.74) is 0.586. The number of carbonyl (C=O) groups is 1. The quantitative estimate of drug-likeness (QED) is 0.620. The first-order chi connectivity index (χ1) is 16.0. The maximum atomic E-state index is 13.3. The molecule has 1 aromatic heterocycles. The maximum Gasteiger partial charge on any atom is 0.262 e. The zero-order valence-corrected chi connectivity index (χ0v) is 18.8. The van der Waals surface area contributed by atoms with Gasteiger partial charge in [-0.2, -0.15) is 0 Å². The number of carbonyl (C=O) groups excluding carboxylic acids is 1. The van der Waals surface area contributed by atoms with Crippen LogP contribution < -0.4 is 14.2 Å². The van der Waals surface area contributed by atoms with Crippen LogP contribution in [0.25, 0.3) is 0 Å². The van der Waals surface area contributed by atoms with Gasteiger partial charge in [0.15, 0.2) is 11.5 Å². The molecule has 0 bridgehead atoms. The number of hydrogen-bond donors (Lipinski definition) is 1. The smallest absolute Gasteiger partial charge is 0.262 e. The first-order valence-electron chi connectivity index (χ1n) is 10.9. The van der Waals surface area contributed by atoms with Crippen LogP contribution in [0.5, 0.6) is 11.5 Å². The van der Waals surface area contributed by atoms with Gasteiger partial charge in [-0.25, -0.2) is 8.42 Å². The summed E-state index contributed by atoms with van der Waals surface area (Å²) in [5.74, 6) is 0.722. The van der Waals surface area contributed by atoms with Crippen molar-refractivity contribution in [2.45, 2.75) is 23.8 Å². The topological polar surface area (TPSA) is 89.9 Å². The van der Waals surface area contributed by atoms with Gasteiger partial charge in [0, 0.05) is 37.6 Å². The molecule has 0 radical (unpaired) electrons. The van der Waals surface area contributed by atoms with Crippen molar-refractivity contribution in [3.63, 3.8) is 0 Å². The molecule has 3 aromatic rings. The van der Waals surface area contributed by atoms with Crippen LogP contribution in [-0.4, -0.2) is 50.1 Å². The molecule has 0 spiro atoms. The summed E-state index contributed by atoms with van der Waals surface area (Å²) >= 11 is 0. The molecule has 0 saturated carbocycles. The molecule has 3 heterocycles. The molecule has 172 valence electrons. The number of sulfonamides is 1. The van der Waals surface area contributed by atoms with E-state index in [9.17, 15) is 13.2 Å². The average molecular weight is 468 g/mol. The van der Waals surface area contributed by atoms with E-state index in [1.807, 2.05) is 24.5 Å². The first-order valence-corrected chi connectivity index (χ1v) is 12.4. The number of nitrogens with one attached hydrogen (secondary N) is 1. The van der Waals surface area contributed by atoms with Gasteiger partial charge in [0.1, 0.15) is 13.2 Å². The van der Waals surface area contributed by atoms with E-state index in [0.717, 1.165) is 12.8 Å². The predicted molar refractivity (Wildman–Crippen MR) is 123 cm³/mol. The molecule has 1 fully saturated rings. The Labute approximate surface area is 192 Å². The first kappa shape index (κ1) is 21.4. The van der Waals surface area contributed by atoms with Crippen LogP contribution in [0.15, 0.2) is 71.9 Å². The monoisotopic (exact) mass is 467 g/mol. The van der Waals surface area contributed by atoms with Crippen LogP contribution in [0.3, 0.4) is 0 Å². The fourth-order valence-electron chi connectivity index (χ4n) is 4.28. The van der Waals surface area contributed by atoms with Gasteiger partial charge in [-0.3, -0.25) is 9.52 Å². The maximum absolute atomic E-state index is 13.3. The Balaban J connectivity index is 1.33. The summed E-state index contributed by atoms with van der Waals surface area (Å²) < 4.78 is 41.9. The largest absolute Gasteiger partial charge is 0.486 e. The van der Waals surface area contributed by atoms with E-state index in [2.05, 4.69) is 9.29 Å². The van der Waals surface area contributed by atoms with Gasteiger partial charge in [0.25, 0.3) is 15.9 Å². The minimum atomic E-state index is -3.93. The van der Waals surface area contributed by atoms with Gasteiger partial charge in [0.2, 0.25) is 0 Å². The van der Waals surface area contributed by atoms with Gasteiger partial charge in [-0.15, -0.1) is 0 Å². The highest BCUT2D eigenvalue weighted by molar-refractivity contribution is 7.92. The Bertz CT molecular complexity index is 1250. The molecule has 1 saturated heterocycles. The number of para-hydroxylation sites is 1. The van der Waals surface area contributed by atoms with Crippen molar-refractivity contribution in [2.75, 3.05) is 31.0 Å². The Morgan fingerprint density at radius 2 is 1.61 bits per heavy atom. The molecule has 1 amide bonds. The third-order valence-corrected chi connectivity index (χ3v) is 7.39. The highest BCUT2D eigenvalue weighted by Crippen LogP contribution is 2.33. The summed E-state index contributed by atoms with van der Waals surface area (Å²) in [6.07, 6.45) is 5.80. The molecule has 0 unspecified atom stereocenters. The van der Waals surface area contributed by atoms with Crippen molar-refractivity contribution < 1.29 is 22.7 Å². The Morgan fingerprint density at radius 3 is 2.36 bits per heavy atom. The zero-order chi connectivity index (χ0) is 22.8. The number of likely N-dealkylation sites (tertiary alicyclic amines) is 1. The van der Waals surface area contributed by atoms with Gasteiger partial charge in [-0.05, 0) is 49.2 Å². The van der Waals surface area contributed by atoms with Gasteiger partial charge in [0.05, 0.1) is 16.1 Å². The Hall–Kier alpha value is -3.46. The number of fused-ring (bicyclic) bond motifs is 1. The van der Waals surface area contributed by atoms with Crippen molar-refractivity contribution in [1.29, 1.82) is 0 Å².